The Balaban J connectivity index is 1.86. The van der Waals surface area contributed by atoms with Gasteiger partial charge in [0.1, 0.15) is 6.33 Å². The second kappa shape index (κ2) is 7.12. The molecule has 0 spiro atoms. The molecule has 1 aromatic rings. The number of hydrogen-bond acceptors (Lipinski definition) is 7. The van der Waals surface area contributed by atoms with Crippen molar-refractivity contribution in [3.05, 3.63) is 6.33 Å². The number of carbonyl (C=O) groups is 3. The number of aliphatic carboxylic acids is 2. The maximum Gasteiger partial charge on any atom is 0.309 e. The Hall–Kier alpha value is -2.14. The van der Waals surface area contributed by atoms with Gasteiger partial charge in [-0.1, -0.05) is 25.6 Å². The summed E-state index contributed by atoms with van der Waals surface area (Å²) in [5, 5.41) is 28.7. The highest BCUT2D eigenvalue weighted by Crippen LogP contribution is 2.67. The SMILES string of the molecule is CC(C)C[C@H](N)C(=O)NC12C(C(=O)O)CC(Sc3ncn[nH]3)C1C2C(=O)O. The smallest absolute Gasteiger partial charge is 0.309 e. The number of H-pyrrole nitrogens is 1. The van der Waals surface area contributed by atoms with Crippen LogP contribution in [0.15, 0.2) is 11.5 Å². The quantitative estimate of drug-likeness (QED) is 0.402. The third-order valence-corrected chi connectivity index (χ3v) is 6.59. The third-order valence-electron chi connectivity index (χ3n) is 5.38. The number of hydrogen-bond donors (Lipinski definition) is 5. The summed E-state index contributed by atoms with van der Waals surface area (Å²) in [6.07, 6.45) is 1.99. The lowest BCUT2D eigenvalue weighted by atomic mass is 9.93. The van der Waals surface area contributed by atoms with E-state index in [1.807, 2.05) is 13.8 Å². The summed E-state index contributed by atoms with van der Waals surface area (Å²) in [4.78, 5) is 40.3. The lowest BCUT2D eigenvalue weighted by molar-refractivity contribution is -0.145. The van der Waals surface area contributed by atoms with Crippen LogP contribution in [0, 0.1) is 23.7 Å². The van der Waals surface area contributed by atoms with Gasteiger partial charge in [-0.05, 0) is 18.8 Å². The van der Waals surface area contributed by atoms with Gasteiger partial charge in [0, 0.05) is 11.2 Å². The molecule has 0 aromatic carbocycles. The topological polar surface area (TPSA) is 171 Å². The van der Waals surface area contributed by atoms with Gasteiger partial charge in [-0.15, -0.1) is 0 Å². The summed E-state index contributed by atoms with van der Waals surface area (Å²) in [6.45, 7) is 3.84. The van der Waals surface area contributed by atoms with Gasteiger partial charge in [0.15, 0.2) is 5.16 Å². The van der Waals surface area contributed by atoms with Crippen LogP contribution in [0.5, 0.6) is 0 Å². The number of rotatable bonds is 8. The summed E-state index contributed by atoms with van der Waals surface area (Å²) in [7, 11) is 0. The molecule has 0 bridgehead atoms. The molecule has 27 heavy (non-hydrogen) atoms. The summed E-state index contributed by atoms with van der Waals surface area (Å²) < 4.78 is 0. The Morgan fingerprint density at radius 1 is 1.41 bits per heavy atom. The number of carbonyl (C=O) groups excluding carboxylic acids is 1. The first kappa shape index (κ1) is 19.6. The fraction of sp³-hybridized carbons (Fsp3) is 0.688. The molecule has 2 aliphatic rings. The molecule has 0 radical (unpaired) electrons. The normalized spacial score (nSPS) is 32.7. The first-order valence-electron chi connectivity index (χ1n) is 8.73. The van der Waals surface area contributed by atoms with Gasteiger partial charge in [0.05, 0.1) is 23.4 Å². The first-order valence-corrected chi connectivity index (χ1v) is 9.61. The molecule has 3 rings (SSSR count). The molecule has 6 N–H and O–H groups in total. The van der Waals surface area contributed by atoms with Crippen molar-refractivity contribution >= 4 is 29.6 Å². The van der Waals surface area contributed by atoms with E-state index >= 15 is 0 Å². The van der Waals surface area contributed by atoms with Crippen LogP contribution in [-0.2, 0) is 14.4 Å². The zero-order chi connectivity index (χ0) is 19.9. The van der Waals surface area contributed by atoms with E-state index in [-0.39, 0.29) is 17.6 Å². The molecule has 11 heteroatoms. The van der Waals surface area contributed by atoms with Crippen molar-refractivity contribution in [2.24, 2.45) is 29.4 Å². The van der Waals surface area contributed by atoms with Crippen molar-refractivity contribution in [1.82, 2.24) is 20.5 Å². The van der Waals surface area contributed by atoms with Crippen molar-refractivity contribution in [3.63, 3.8) is 0 Å². The van der Waals surface area contributed by atoms with Gasteiger partial charge in [0.2, 0.25) is 5.91 Å². The maximum atomic E-state index is 12.6. The van der Waals surface area contributed by atoms with E-state index in [2.05, 4.69) is 20.5 Å². The van der Waals surface area contributed by atoms with Gasteiger partial charge >= 0.3 is 11.9 Å². The number of amides is 1. The minimum atomic E-state index is -1.32. The lowest BCUT2D eigenvalue weighted by Crippen LogP contribution is -2.52. The number of nitrogens with one attached hydrogen (secondary N) is 2. The molecular weight excluding hydrogens is 374 g/mol. The van der Waals surface area contributed by atoms with E-state index in [0.29, 0.717) is 11.6 Å². The van der Waals surface area contributed by atoms with Crippen LogP contribution in [0.1, 0.15) is 26.7 Å². The van der Waals surface area contributed by atoms with E-state index in [0.717, 1.165) is 0 Å². The number of fused-ring (bicyclic) bond motifs is 1. The molecule has 1 amide bonds. The van der Waals surface area contributed by atoms with Crippen LogP contribution in [0.4, 0.5) is 0 Å². The summed E-state index contributed by atoms with van der Waals surface area (Å²) >= 11 is 1.26. The molecule has 2 saturated carbocycles. The highest BCUT2D eigenvalue weighted by atomic mass is 32.2. The van der Waals surface area contributed by atoms with Crippen LogP contribution in [0.2, 0.25) is 0 Å². The second-order valence-corrected chi connectivity index (χ2v) is 8.80. The Kier molecular flexibility index (Phi) is 5.17. The standard InChI is InChI=1S/C16H23N5O5S/c1-6(2)3-8(17)12(22)20-16-7(13(23)24)4-9(10(16)11(16)14(25)26)27-15-18-5-19-21-15/h5-11H,3-4,17H2,1-2H3,(H,20,22)(H,23,24)(H,25,26)(H,18,19,21)/t7?,8-,9?,10?,11?,16?/m0/s1. The average molecular weight is 397 g/mol. The van der Waals surface area contributed by atoms with Crippen LogP contribution in [-0.4, -0.2) is 60.1 Å². The van der Waals surface area contributed by atoms with Gasteiger partial charge in [0.25, 0.3) is 0 Å². The molecule has 148 valence electrons. The number of carboxylic acids is 2. The van der Waals surface area contributed by atoms with Crippen LogP contribution >= 0.6 is 11.8 Å². The van der Waals surface area contributed by atoms with Crippen LogP contribution in [0.25, 0.3) is 0 Å². The van der Waals surface area contributed by atoms with Gasteiger partial charge in [-0.2, -0.15) is 5.10 Å². The minimum absolute atomic E-state index is 0.183. The second-order valence-electron chi connectivity index (χ2n) is 7.57. The van der Waals surface area contributed by atoms with Gasteiger partial charge in [-0.25, -0.2) is 4.98 Å². The van der Waals surface area contributed by atoms with Crippen molar-refractivity contribution < 1.29 is 24.6 Å². The fourth-order valence-corrected chi connectivity index (χ4v) is 5.65. The largest absolute Gasteiger partial charge is 0.481 e. The highest BCUT2D eigenvalue weighted by Gasteiger charge is 2.80. The Bertz CT molecular complexity index is 742. The van der Waals surface area contributed by atoms with E-state index in [1.54, 1.807) is 0 Å². The fourth-order valence-electron chi connectivity index (χ4n) is 4.33. The molecule has 2 fully saturated rings. The number of nitrogens with two attached hydrogens (primary N) is 1. The predicted octanol–water partition coefficient (Wildman–Crippen LogP) is -0.0711. The number of aromatic amines is 1. The molecule has 1 aromatic heterocycles. The summed E-state index contributed by atoms with van der Waals surface area (Å²) in [5.41, 5.74) is 4.61. The Morgan fingerprint density at radius 2 is 2.11 bits per heavy atom. The van der Waals surface area contributed by atoms with Crippen molar-refractivity contribution in [2.45, 2.75) is 48.7 Å². The maximum absolute atomic E-state index is 12.6. The number of nitrogens with zero attached hydrogens (tertiary/aromatic N) is 2. The number of carboxylic acid groups (broad SMARTS) is 2. The summed E-state index contributed by atoms with van der Waals surface area (Å²) in [5.74, 6) is -5.05. The Labute approximate surface area is 159 Å². The van der Waals surface area contributed by atoms with E-state index in [4.69, 9.17) is 5.73 Å². The van der Waals surface area contributed by atoms with E-state index < -0.39 is 47.2 Å². The first-order chi connectivity index (χ1) is 12.7. The highest BCUT2D eigenvalue weighted by molar-refractivity contribution is 7.99. The van der Waals surface area contributed by atoms with Gasteiger partial charge in [-0.3, -0.25) is 19.5 Å². The molecule has 0 saturated heterocycles. The minimum Gasteiger partial charge on any atom is -0.481 e. The molecule has 5 unspecified atom stereocenters. The molecule has 10 nitrogen and oxygen atoms in total. The molecular formula is C16H23N5O5S. The van der Waals surface area contributed by atoms with Gasteiger partial charge < -0.3 is 21.3 Å². The molecule has 1 heterocycles. The molecule has 2 aliphatic carbocycles. The average Bonchev–Trinajstić information content (AvgIpc) is 2.87. The molecule has 0 aliphatic heterocycles. The third kappa shape index (κ3) is 3.41. The van der Waals surface area contributed by atoms with E-state index in [1.165, 1.54) is 18.1 Å². The number of aromatic nitrogens is 3. The van der Waals surface area contributed by atoms with Crippen molar-refractivity contribution in [3.8, 4) is 0 Å². The monoisotopic (exact) mass is 397 g/mol. The predicted molar refractivity (Wildman–Crippen MR) is 94.7 cm³/mol. The van der Waals surface area contributed by atoms with Crippen molar-refractivity contribution in [2.75, 3.05) is 0 Å². The van der Waals surface area contributed by atoms with Crippen LogP contribution < -0.4 is 11.1 Å². The summed E-state index contributed by atoms with van der Waals surface area (Å²) in [6, 6.07) is -0.814. The molecule has 6 atom stereocenters. The zero-order valence-electron chi connectivity index (χ0n) is 15.0. The number of thioether (sulfide) groups is 1. The lowest BCUT2D eigenvalue weighted by Gasteiger charge is -2.25. The zero-order valence-corrected chi connectivity index (χ0v) is 15.8. The van der Waals surface area contributed by atoms with Crippen LogP contribution in [0.3, 0.4) is 0 Å². The van der Waals surface area contributed by atoms with E-state index in [9.17, 15) is 24.6 Å². The van der Waals surface area contributed by atoms with Crippen molar-refractivity contribution in [1.29, 1.82) is 0 Å². The Morgan fingerprint density at radius 3 is 2.63 bits per heavy atom.